The number of ketones is 1. The van der Waals surface area contributed by atoms with Crippen molar-refractivity contribution in [2.75, 3.05) is 0 Å². The first-order chi connectivity index (χ1) is 18.9. The topological polar surface area (TPSA) is 205 Å². The number of aliphatic hydroxyl groups excluding tert-OH is 5. The highest BCUT2D eigenvalue weighted by Gasteiger charge is 2.49. The molecule has 0 spiro atoms. The number of aliphatic hydroxyl groups is 5. The molecule has 2 saturated heterocycles. The second-order valence-electron chi connectivity index (χ2n) is 10.2. The van der Waals surface area contributed by atoms with Crippen molar-refractivity contribution in [3.8, 4) is 23.0 Å². The van der Waals surface area contributed by atoms with Crippen molar-refractivity contribution in [2.24, 2.45) is 0 Å². The molecule has 0 aromatic heterocycles. The zero-order valence-corrected chi connectivity index (χ0v) is 21.6. The predicted molar refractivity (Wildman–Crippen MR) is 133 cm³/mol. The molecule has 3 heterocycles. The van der Waals surface area contributed by atoms with Crippen molar-refractivity contribution in [1.82, 2.24) is 0 Å². The Morgan fingerprint density at radius 1 is 0.800 bits per heavy atom. The highest BCUT2D eigenvalue weighted by molar-refractivity contribution is 6.02. The average molecular weight is 565 g/mol. The van der Waals surface area contributed by atoms with Gasteiger partial charge in [-0.2, -0.15) is 0 Å². The van der Waals surface area contributed by atoms with E-state index in [1.807, 2.05) is 0 Å². The maximum absolute atomic E-state index is 12.8. The first-order valence-corrected chi connectivity index (χ1v) is 12.8. The predicted octanol–water partition coefficient (Wildman–Crippen LogP) is -0.138. The number of carbonyl (C=O) groups excluding carboxylic acids is 1. The summed E-state index contributed by atoms with van der Waals surface area (Å²) in [6.45, 7) is 3.00. The molecule has 0 saturated carbocycles. The third-order valence-electron chi connectivity index (χ3n) is 7.37. The van der Waals surface area contributed by atoms with Crippen LogP contribution in [0.5, 0.6) is 23.0 Å². The first kappa shape index (κ1) is 28.5. The number of rotatable bonds is 5. The van der Waals surface area contributed by atoms with Crippen LogP contribution in [0.3, 0.4) is 0 Å². The molecule has 40 heavy (non-hydrogen) atoms. The summed E-state index contributed by atoms with van der Waals surface area (Å²) in [6, 6.07) is 8.69. The summed E-state index contributed by atoms with van der Waals surface area (Å²) >= 11 is 0. The van der Waals surface area contributed by atoms with Crippen LogP contribution in [0.15, 0.2) is 36.4 Å². The quantitative estimate of drug-likeness (QED) is 0.253. The van der Waals surface area contributed by atoms with Gasteiger partial charge >= 0.3 is 0 Å². The molecule has 3 aliphatic rings. The number of benzene rings is 2. The van der Waals surface area contributed by atoms with Crippen molar-refractivity contribution in [1.29, 1.82) is 0 Å². The first-order valence-electron chi connectivity index (χ1n) is 12.8. The average Bonchev–Trinajstić information content (AvgIpc) is 2.91. The second kappa shape index (κ2) is 11.1. The van der Waals surface area contributed by atoms with E-state index in [4.69, 9.17) is 23.7 Å². The van der Waals surface area contributed by atoms with E-state index in [0.29, 0.717) is 5.56 Å². The van der Waals surface area contributed by atoms with Crippen molar-refractivity contribution < 1.29 is 64.2 Å². The molecule has 0 aliphatic carbocycles. The second-order valence-corrected chi connectivity index (χ2v) is 10.2. The van der Waals surface area contributed by atoms with Crippen LogP contribution in [0.2, 0.25) is 0 Å². The van der Waals surface area contributed by atoms with Crippen molar-refractivity contribution >= 4 is 5.78 Å². The number of ether oxygens (including phenoxy) is 5. The normalized spacial score (nSPS) is 37.9. The highest BCUT2D eigenvalue weighted by atomic mass is 16.7. The standard InChI is InChI=1S/C27H32O13/c1-10-20(31)21(32)23(34)27(36-10)40-25-11(2)37-26(24(35)22(25)33)38-14-7-15(29)19-16(30)9-17(39-18(19)8-14)12-3-5-13(28)6-4-12/h3-8,10-11,17,20-29,31-35H,9H2,1-2H3. The minimum atomic E-state index is -1.67. The Kier molecular flexibility index (Phi) is 7.92. The van der Waals surface area contributed by atoms with E-state index < -0.39 is 73.3 Å². The van der Waals surface area contributed by atoms with Crippen LogP contribution in [0.25, 0.3) is 0 Å². The number of Topliss-reactive ketones (excluding diaryl/α,β-unsaturated/α-hetero) is 1. The van der Waals surface area contributed by atoms with Gasteiger partial charge in [0.2, 0.25) is 6.29 Å². The van der Waals surface area contributed by atoms with E-state index in [-0.39, 0.29) is 35.0 Å². The number of fused-ring (bicyclic) bond motifs is 1. The fraction of sp³-hybridized carbons (Fsp3) is 0.519. The van der Waals surface area contributed by atoms with Gasteiger partial charge in [0.15, 0.2) is 12.1 Å². The van der Waals surface area contributed by atoms with Gasteiger partial charge in [-0.25, -0.2) is 0 Å². The molecule has 0 amide bonds. The summed E-state index contributed by atoms with van der Waals surface area (Å²) < 4.78 is 28.5. The maximum atomic E-state index is 12.8. The molecule has 2 fully saturated rings. The molecule has 2 aromatic carbocycles. The number of phenols is 2. The highest BCUT2D eigenvalue weighted by Crippen LogP contribution is 2.43. The van der Waals surface area contributed by atoms with Crippen LogP contribution in [0.4, 0.5) is 0 Å². The van der Waals surface area contributed by atoms with Crippen LogP contribution >= 0.6 is 0 Å². The summed E-state index contributed by atoms with van der Waals surface area (Å²) in [5.41, 5.74) is 0.613. The minimum absolute atomic E-state index is 0.0183. The lowest BCUT2D eigenvalue weighted by atomic mass is 9.95. The largest absolute Gasteiger partial charge is 0.508 e. The smallest absolute Gasteiger partial charge is 0.229 e. The molecule has 5 rings (SSSR count). The van der Waals surface area contributed by atoms with Gasteiger partial charge in [-0.05, 0) is 31.5 Å². The summed E-state index contributed by atoms with van der Waals surface area (Å²) in [6.07, 6.45) is -14.3. The van der Waals surface area contributed by atoms with Crippen LogP contribution in [-0.2, 0) is 14.2 Å². The molecule has 7 N–H and O–H groups in total. The Labute approximate surface area is 228 Å². The minimum Gasteiger partial charge on any atom is -0.508 e. The van der Waals surface area contributed by atoms with E-state index in [0.717, 1.165) is 6.07 Å². The van der Waals surface area contributed by atoms with E-state index in [1.54, 1.807) is 12.1 Å². The SMILES string of the molecule is CC1OC(OC2C(C)OC(Oc3cc(O)c4c(c3)OC(c3ccc(O)cc3)CC4=O)C(O)C2O)C(O)C(O)C1O. The van der Waals surface area contributed by atoms with Crippen LogP contribution in [-0.4, -0.2) is 103 Å². The van der Waals surface area contributed by atoms with Crippen LogP contribution in [0, 0.1) is 0 Å². The van der Waals surface area contributed by atoms with Gasteiger partial charge < -0.3 is 59.4 Å². The van der Waals surface area contributed by atoms with E-state index in [9.17, 15) is 40.5 Å². The molecule has 13 nitrogen and oxygen atoms in total. The Bertz CT molecular complexity index is 1220. The molecule has 0 radical (unpaired) electrons. The molecule has 13 heteroatoms. The summed E-state index contributed by atoms with van der Waals surface area (Å²) in [5, 5.41) is 71.8. The number of phenolic OH excluding ortho intramolecular Hbond substituents is 2. The summed E-state index contributed by atoms with van der Waals surface area (Å²) in [7, 11) is 0. The fourth-order valence-electron chi connectivity index (χ4n) is 5.06. The molecule has 3 aliphatic heterocycles. The van der Waals surface area contributed by atoms with Crippen molar-refractivity contribution in [3.63, 3.8) is 0 Å². The van der Waals surface area contributed by atoms with Crippen LogP contribution < -0.4 is 9.47 Å². The summed E-state index contributed by atoms with van der Waals surface area (Å²) in [5.74, 6) is -0.679. The molecular weight excluding hydrogens is 532 g/mol. The van der Waals surface area contributed by atoms with Crippen LogP contribution in [0.1, 0.15) is 42.3 Å². The van der Waals surface area contributed by atoms with E-state index in [1.165, 1.54) is 32.0 Å². The Morgan fingerprint density at radius 2 is 1.45 bits per heavy atom. The van der Waals surface area contributed by atoms with Crippen molar-refractivity contribution in [2.45, 2.75) is 87.8 Å². The lowest BCUT2D eigenvalue weighted by Gasteiger charge is -2.45. The molecular formula is C27H32O13. The Balaban J connectivity index is 1.29. The number of aromatic hydroxyl groups is 2. The number of hydrogen-bond donors (Lipinski definition) is 7. The third-order valence-corrected chi connectivity index (χ3v) is 7.37. The molecule has 11 atom stereocenters. The van der Waals surface area contributed by atoms with Gasteiger partial charge in [0.25, 0.3) is 0 Å². The zero-order valence-electron chi connectivity index (χ0n) is 21.6. The van der Waals surface area contributed by atoms with E-state index >= 15 is 0 Å². The lowest BCUT2D eigenvalue weighted by Crippen LogP contribution is -2.63. The molecule has 2 aromatic rings. The monoisotopic (exact) mass is 564 g/mol. The molecule has 0 bridgehead atoms. The van der Waals surface area contributed by atoms with Gasteiger partial charge in [0.1, 0.15) is 71.3 Å². The fourth-order valence-corrected chi connectivity index (χ4v) is 5.06. The van der Waals surface area contributed by atoms with Gasteiger partial charge in [-0.15, -0.1) is 0 Å². The summed E-state index contributed by atoms with van der Waals surface area (Å²) in [4.78, 5) is 12.8. The van der Waals surface area contributed by atoms with Gasteiger partial charge in [0, 0.05) is 12.1 Å². The third kappa shape index (κ3) is 5.34. The number of carbonyl (C=O) groups is 1. The maximum Gasteiger partial charge on any atom is 0.229 e. The lowest BCUT2D eigenvalue weighted by molar-refractivity contribution is -0.345. The van der Waals surface area contributed by atoms with Gasteiger partial charge in [0.05, 0.1) is 18.6 Å². The van der Waals surface area contributed by atoms with E-state index in [2.05, 4.69) is 0 Å². The van der Waals surface area contributed by atoms with Crippen molar-refractivity contribution in [3.05, 3.63) is 47.5 Å². The molecule has 11 unspecified atom stereocenters. The Morgan fingerprint density at radius 3 is 2.15 bits per heavy atom. The Hall–Kier alpha value is -3.01. The van der Waals surface area contributed by atoms with Gasteiger partial charge in [-0.3, -0.25) is 4.79 Å². The number of hydrogen-bond acceptors (Lipinski definition) is 13. The zero-order chi connectivity index (χ0) is 28.9. The molecule has 218 valence electrons. The van der Waals surface area contributed by atoms with Gasteiger partial charge in [-0.1, -0.05) is 12.1 Å².